The van der Waals surface area contributed by atoms with Gasteiger partial charge in [0.15, 0.2) is 11.5 Å². The summed E-state index contributed by atoms with van der Waals surface area (Å²) in [4.78, 5) is 55.8. The van der Waals surface area contributed by atoms with Gasteiger partial charge in [-0.05, 0) is 36.8 Å². The maximum atomic E-state index is 13.1. The van der Waals surface area contributed by atoms with Crippen molar-refractivity contribution in [1.82, 2.24) is 10.4 Å². The molecule has 1 N–H and O–H groups in total. The Morgan fingerprint density at radius 2 is 1.66 bits per heavy atom. The highest BCUT2D eigenvalue weighted by atomic mass is 16.7. The van der Waals surface area contributed by atoms with Crippen LogP contribution in [0.2, 0.25) is 0 Å². The first-order chi connectivity index (χ1) is 15.4. The lowest BCUT2D eigenvalue weighted by atomic mass is 10.0. The lowest BCUT2D eigenvalue weighted by Gasteiger charge is -2.27. The van der Waals surface area contributed by atoms with Gasteiger partial charge in [-0.2, -0.15) is 5.48 Å². The molecule has 1 heterocycles. The van der Waals surface area contributed by atoms with Crippen molar-refractivity contribution in [2.75, 3.05) is 13.7 Å². The summed E-state index contributed by atoms with van der Waals surface area (Å²) in [5, 5.41) is 0. The van der Waals surface area contributed by atoms with Crippen LogP contribution in [0.1, 0.15) is 59.0 Å². The van der Waals surface area contributed by atoms with Crippen molar-refractivity contribution in [3.05, 3.63) is 59.2 Å². The number of fused-ring (bicyclic) bond motifs is 1. The summed E-state index contributed by atoms with van der Waals surface area (Å²) >= 11 is 0. The fourth-order valence-electron chi connectivity index (χ4n) is 3.42. The molecule has 1 atom stereocenters. The molecule has 1 aliphatic heterocycles. The van der Waals surface area contributed by atoms with Crippen LogP contribution < -0.4 is 15.0 Å². The van der Waals surface area contributed by atoms with Crippen molar-refractivity contribution in [3.63, 3.8) is 0 Å². The lowest BCUT2D eigenvalue weighted by Crippen LogP contribution is -2.38. The van der Waals surface area contributed by atoms with E-state index in [1.807, 2.05) is 6.92 Å². The van der Waals surface area contributed by atoms with E-state index in [2.05, 4.69) is 5.48 Å². The minimum atomic E-state index is -0.965. The number of carbonyl (C=O) groups excluding carboxylic acids is 4. The topological polar surface area (TPSA) is 111 Å². The fraction of sp³-hybridized carbons (Fsp3) is 0.304. The molecular formula is C23H24N2O7. The van der Waals surface area contributed by atoms with Crippen LogP contribution in [0, 0.1) is 0 Å². The van der Waals surface area contributed by atoms with Gasteiger partial charge in [-0.1, -0.05) is 25.1 Å². The van der Waals surface area contributed by atoms with Gasteiger partial charge in [0.1, 0.15) is 0 Å². The SMILES string of the molecule is CCOc1cc([C@@H](CC(=O)NOC(=O)CC)N2C(=O)c3ccccc3C2=O)ccc1OC. The Morgan fingerprint density at radius 1 is 1.00 bits per heavy atom. The maximum Gasteiger partial charge on any atom is 0.331 e. The molecule has 1 aliphatic rings. The highest BCUT2D eigenvalue weighted by Crippen LogP contribution is 2.37. The number of ether oxygens (including phenoxy) is 2. The van der Waals surface area contributed by atoms with E-state index in [1.165, 1.54) is 7.11 Å². The summed E-state index contributed by atoms with van der Waals surface area (Å²) in [6, 6.07) is 10.4. The van der Waals surface area contributed by atoms with E-state index in [4.69, 9.17) is 14.3 Å². The summed E-state index contributed by atoms with van der Waals surface area (Å²) < 4.78 is 10.9. The number of nitrogens with zero attached hydrogens (tertiary/aromatic N) is 1. The molecule has 0 spiro atoms. The van der Waals surface area contributed by atoms with Crippen molar-refractivity contribution in [2.24, 2.45) is 0 Å². The molecule has 0 fully saturated rings. The Balaban J connectivity index is 1.98. The van der Waals surface area contributed by atoms with Gasteiger partial charge in [0.2, 0.25) is 0 Å². The van der Waals surface area contributed by atoms with Crippen LogP contribution in [-0.4, -0.2) is 42.3 Å². The van der Waals surface area contributed by atoms with E-state index in [-0.39, 0.29) is 24.0 Å². The molecule has 0 unspecified atom stereocenters. The predicted octanol–water partition coefficient (Wildman–Crippen LogP) is 2.81. The standard InChI is InChI=1S/C23H24N2O7/c1-4-21(27)32-24-20(26)13-17(14-10-11-18(30-3)19(12-14)31-5-2)25-22(28)15-8-6-7-9-16(15)23(25)29/h6-12,17H,4-5,13H2,1-3H3,(H,24,26)/t17-/m1/s1. The van der Waals surface area contributed by atoms with Gasteiger partial charge < -0.3 is 14.3 Å². The zero-order valence-electron chi connectivity index (χ0n) is 18.0. The molecule has 9 heteroatoms. The van der Waals surface area contributed by atoms with Gasteiger partial charge in [-0.15, -0.1) is 0 Å². The summed E-state index contributed by atoms with van der Waals surface area (Å²) in [6.45, 7) is 3.76. The van der Waals surface area contributed by atoms with Crippen molar-refractivity contribution in [3.8, 4) is 11.5 Å². The average Bonchev–Trinajstić information content (AvgIpc) is 3.06. The molecular weight excluding hydrogens is 416 g/mol. The molecule has 0 saturated carbocycles. The minimum Gasteiger partial charge on any atom is -0.493 e. The second-order valence-electron chi connectivity index (χ2n) is 6.94. The highest BCUT2D eigenvalue weighted by molar-refractivity contribution is 6.21. The molecule has 0 aromatic heterocycles. The first kappa shape index (κ1) is 22.8. The molecule has 9 nitrogen and oxygen atoms in total. The van der Waals surface area contributed by atoms with E-state index in [1.54, 1.807) is 49.4 Å². The molecule has 0 aliphatic carbocycles. The third-order valence-electron chi connectivity index (χ3n) is 4.96. The number of benzene rings is 2. The largest absolute Gasteiger partial charge is 0.493 e. The number of amides is 3. The Hall–Kier alpha value is -3.88. The van der Waals surface area contributed by atoms with Crippen LogP contribution in [0.4, 0.5) is 0 Å². The molecule has 0 bridgehead atoms. The van der Waals surface area contributed by atoms with Gasteiger partial charge in [0.05, 0.1) is 37.3 Å². The van der Waals surface area contributed by atoms with Crippen molar-refractivity contribution >= 4 is 23.7 Å². The second-order valence-corrected chi connectivity index (χ2v) is 6.94. The molecule has 168 valence electrons. The molecule has 0 saturated heterocycles. The van der Waals surface area contributed by atoms with Crippen LogP contribution in [0.5, 0.6) is 11.5 Å². The third kappa shape index (κ3) is 4.56. The van der Waals surface area contributed by atoms with Gasteiger partial charge >= 0.3 is 5.97 Å². The monoisotopic (exact) mass is 440 g/mol. The normalized spacial score (nSPS) is 13.4. The van der Waals surface area contributed by atoms with E-state index < -0.39 is 29.7 Å². The van der Waals surface area contributed by atoms with E-state index in [0.717, 1.165) is 4.90 Å². The summed E-state index contributed by atoms with van der Waals surface area (Å²) in [5.74, 6) is -1.42. The summed E-state index contributed by atoms with van der Waals surface area (Å²) in [7, 11) is 1.49. The molecule has 3 amide bonds. The predicted molar refractivity (Wildman–Crippen MR) is 113 cm³/mol. The number of nitrogens with one attached hydrogen (secondary N) is 1. The maximum absolute atomic E-state index is 13.1. The smallest absolute Gasteiger partial charge is 0.331 e. The van der Waals surface area contributed by atoms with Crippen LogP contribution in [0.3, 0.4) is 0 Å². The number of methoxy groups -OCH3 is 1. The second kappa shape index (κ2) is 9.95. The summed E-state index contributed by atoms with van der Waals surface area (Å²) in [5.41, 5.74) is 3.09. The van der Waals surface area contributed by atoms with Crippen molar-refractivity contribution in [1.29, 1.82) is 0 Å². The van der Waals surface area contributed by atoms with Gasteiger partial charge in [-0.25, -0.2) is 4.79 Å². The van der Waals surface area contributed by atoms with Crippen LogP contribution in [-0.2, 0) is 14.4 Å². The zero-order valence-corrected chi connectivity index (χ0v) is 18.0. The van der Waals surface area contributed by atoms with Gasteiger partial charge in [0, 0.05) is 6.42 Å². The minimum absolute atomic E-state index is 0.0817. The lowest BCUT2D eigenvalue weighted by molar-refractivity contribution is -0.158. The first-order valence-electron chi connectivity index (χ1n) is 10.2. The van der Waals surface area contributed by atoms with Crippen LogP contribution >= 0.6 is 0 Å². The van der Waals surface area contributed by atoms with E-state index in [9.17, 15) is 19.2 Å². The highest BCUT2D eigenvalue weighted by Gasteiger charge is 2.41. The molecule has 0 radical (unpaired) electrons. The third-order valence-corrected chi connectivity index (χ3v) is 4.96. The average molecular weight is 440 g/mol. The Bertz CT molecular complexity index is 1020. The van der Waals surface area contributed by atoms with Gasteiger partial charge in [-0.3, -0.25) is 19.3 Å². The van der Waals surface area contributed by atoms with Crippen LogP contribution in [0.15, 0.2) is 42.5 Å². The fourth-order valence-corrected chi connectivity index (χ4v) is 3.42. The quantitative estimate of drug-likeness (QED) is 0.496. The van der Waals surface area contributed by atoms with Crippen LogP contribution in [0.25, 0.3) is 0 Å². The summed E-state index contributed by atoms with van der Waals surface area (Å²) in [6.07, 6.45) is -0.237. The first-order valence-corrected chi connectivity index (χ1v) is 10.2. The molecule has 3 rings (SSSR count). The molecule has 2 aromatic rings. The van der Waals surface area contributed by atoms with Gasteiger partial charge in [0.25, 0.3) is 17.7 Å². The number of hydrogen-bond acceptors (Lipinski definition) is 7. The number of imide groups is 1. The molecule has 32 heavy (non-hydrogen) atoms. The van der Waals surface area contributed by atoms with Crippen molar-refractivity contribution in [2.45, 2.75) is 32.7 Å². The number of carbonyl (C=O) groups is 4. The Morgan fingerprint density at radius 3 is 2.22 bits per heavy atom. The Labute approximate surface area is 185 Å². The number of hydrogen-bond donors (Lipinski definition) is 1. The number of rotatable bonds is 8. The zero-order chi connectivity index (χ0) is 23.3. The van der Waals surface area contributed by atoms with E-state index in [0.29, 0.717) is 23.7 Å². The molecule has 2 aromatic carbocycles. The van der Waals surface area contributed by atoms with E-state index >= 15 is 0 Å². The van der Waals surface area contributed by atoms with Crippen molar-refractivity contribution < 1.29 is 33.5 Å². The number of hydroxylamine groups is 1. The Kier molecular flexibility index (Phi) is 7.09.